The summed E-state index contributed by atoms with van der Waals surface area (Å²) in [5.74, 6) is 1.33. The number of esters is 1. The molecule has 0 bridgehead atoms. The molecule has 0 atom stereocenters. The van der Waals surface area contributed by atoms with Crippen LogP contribution in [-0.4, -0.2) is 5.97 Å². The lowest BCUT2D eigenvalue weighted by atomic mass is 9.68. The fourth-order valence-electron chi connectivity index (χ4n) is 5.95. The maximum atomic E-state index is 12.8. The molecule has 0 aromatic heterocycles. The molecule has 2 aliphatic carbocycles. The van der Waals surface area contributed by atoms with Crippen LogP contribution >= 0.6 is 10.2 Å². The van der Waals surface area contributed by atoms with Crippen molar-refractivity contribution in [1.82, 2.24) is 0 Å². The van der Waals surface area contributed by atoms with Crippen LogP contribution in [0.2, 0.25) is 0 Å². The third-order valence-electron chi connectivity index (χ3n) is 8.12. The van der Waals surface area contributed by atoms with Crippen LogP contribution in [0, 0.1) is 23.7 Å². The Morgan fingerprint density at radius 1 is 0.771 bits per heavy atom. The highest BCUT2D eigenvalue weighted by atomic mass is 32.5. The van der Waals surface area contributed by atoms with Crippen LogP contribution in [0.5, 0.6) is 5.75 Å². The van der Waals surface area contributed by atoms with Gasteiger partial charge in [-0.2, -0.15) is 0 Å². The summed E-state index contributed by atoms with van der Waals surface area (Å²) >= 11 is 0. The highest BCUT2D eigenvalue weighted by molar-refractivity contribution is 8.45. The van der Waals surface area contributed by atoms with Gasteiger partial charge in [-0.15, -0.1) is 0 Å². The number of unbranched alkanes of at least 4 members (excludes halogenated alkanes) is 5. The standard InChI is InChI=1S/C27H41F5O2S/c1-2-3-4-5-6-7-8-21-9-11-22(12-10-21)23-13-15-24(16-14-23)27(33)34-25-17-19-26(20-18-25)35(28,29,30,31)32/h17-24H,2-16H2,1H3. The molecule has 1 aromatic carbocycles. The van der Waals surface area contributed by atoms with Gasteiger partial charge in [0.05, 0.1) is 5.92 Å². The van der Waals surface area contributed by atoms with Crippen molar-refractivity contribution >= 4 is 16.2 Å². The van der Waals surface area contributed by atoms with Crippen LogP contribution in [0.1, 0.15) is 103 Å². The van der Waals surface area contributed by atoms with Crippen molar-refractivity contribution in [2.45, 2.75) is 108 Å². The molecule has 8 heteroatoms. The molecule has 0 aliphatic heterocycles. The first-order valence-electron chi connectivity index (χ1n) is 13.4. The highest BCUT2D eigenvalue weighted by Gasteiger charge is 2.65. The SMILES string of the molecule is CCCCCCCCC1CCC(C2CCC(C(=O)Oc3ccc(S(F)(F)(F)(F)F)cc3)CC2)CC1. The van der Waals surface area contributed by atoms with E-state index in [0.29, 0.717) is 18.8 Å². The number of benzene rings is 1. The normalized spacial score (nSPS) is 27.6. The molecule has 35 heavy (non-hydrogen) atoms. The zero-order valence-corrected chi connectivity index (χ0v) is 21.7. The molecule has 3 rings (SSSR count). The monoisotopic (exact) mass is 524 g/mol. The molecule has 0 N–H and O–H groups in total. The van der Waals surface area contributed by atoms with Crippen LogP contribution in [0.15, 0.2) is 29.2 Å². The lowest BCUT2D eigenvalue weighted by Gasteiger charge is -2.40. The number of rotatable bonds is 11. The van der Waals surface area contributed by atoms with Gasteiger partial charge in [-0.1, -0.05) is 84.1 Å². The molecule has 0 heterocycles. The molecule has 2 nitrogen and oxygen atoms in total. The maximum absolute atomic E-state index is 12.8. The van der Waals surface area contributed by atoms with E-state index in [1.165, 1.54) is 70.6 Å². The molecule has 2 fully saturated rings. The van der Waals surface area contributed by atoms with Gasteiger partial charge in [0.25, 0.3) is 0 Å². The van der Waals surface area contributed by atoms with E-state index in [1.807, 2.05) is 0 Å². The van der Waals surface area contributed by atoms with Gasteiger partial charge >= 0.3 is 16.2 Å². The van der Waals surface area contributed by atoms with E-state index in [4.69, 9.17) is 4.74 Å². The second-order valence-electron chi connectivity index (χ2n) is 10.8. The molecule has 0 spiro atoms. The van der Waals surface area contributed by atoms with Crippen molar-refractivity contribution in [1.29, 1.82) is 0 Å². The van der Waals surface area contributed by atoms with Crippen LogP contribution in [-0.2, 0) is 4.79 Å². The Labute approximate surface area is 207 Å². The fourth-order valence-corrected chi connectivity index (χ4v) is 6.60. The molecule has 2 aliphatic rings. The Morgan fingerprint density at radius 2 is 1.29 bits per heavy atom. The van der Waals surface area contributed by atoms with Crippen molar-refractivity contribution in [2.24, 2.45) is 23.7 Å². The molecule has 0 radical (unpaired) electrons. The number of hydrogen-bond acceptors (Lipinski definition) is 2. The highest BCUT2D eigenvalue weighted by Crippen LogP contribution is 3.02. The molecular formula is C27H41F5O2S. The fraction of sp³-hybridized carbons (Fsp3) is 0.741. The summed E-state index contributed by atoms with van der Waals surface area (Å²) < 4.78 is 69.4. The second-order valence-corrected chi connectivity index (χ2v) is 13.2. The topological polar surface area (TPSA) is 26.3 Å². The Hall–Kier alpha value is -1.31. The predicted octanol–water partition coefficient (Wildman–Crippen LogP) is 10.6. The predicted molar refractivity (Wildman–Crippen MR) is 132 cm³/mol. The van der Waals surface area contributed by atoms with Gasteiger partial charge in [0.1, 0.15) is 10.6 Å². The second kappa shape index (κ2) is 11.0. The first-order chi connectivity index (χ1) is 16.4. The molecule has 2 saturated carbocycles. The molecular weight excluding hydrogens is 483 g/mol. The summed E-state index contributed by atoms with van der Waals surface area (Å²) in [5.41, 5.74) is 0. The summed E-state index contributed by atoms with van der Waals surface area (Å²) in [6.45, 7) is 2.24. The molecule has 0 amide bonds. The summed E-state index contributed by atoms with van der Waals surface area (Å²) in [4.78, 5) is 10.5. The van der Waals surface area contributed by atoms with Gasteiger partial charge in [-0.25, -0.2) is 0 Å². The van der Waals surface area contributed by atoms with Crippen molar-refractivity contribution in [2.75, 3.05) is 0 Å². The summed E-state index contributed by atoms with van der Waals surface area (Å²) in [6, 6.07) is 2.15. The number of hydrogen-bond donors (Lipinski definition) is 0. The van der Waals surface area contributed by atoms with Crippen molar-refractivity contribution in [3.63, 3.8) is 0 Å². The van der Waals surface area contributed by atoms with E-state index in [9.17, 15) is 24.2 Å². The number of halogens is 5. The van der Waals surface area contributed by atoms with Gasteiger partial charge in [-0.3, -0.25) is 4.79 Å². The largest absolute Gasteiger partial charge is 0.426 e. The minimum Gasteiger partial charge on any atom is -0.426 e. The van der Waals surface area contributed by atoms with E-state index in [0.717, 1.165) is 36.8 Å². The van der Waals surface area contributed by atoms with E-state index >= 15 is 0 Å². The summed E-state index contributed by atoms with van der Waals surface area (Å²) in [7, 11) is -9.72. The number of ether oxygens (including phenoxy) is 1. The Balaban J connectivity index is 1.36. The first-order valence-corrected chi connectivity index (χ1v) is 15.4. The smallest absolute Gasteiger partial charge is 0.314 e. The van der Waals surface area contributed by atoms with Gasteiger partial charge in [0, 0.05) is 0 Å². The minimum absolute atomic E-state index is 0.133. The van der Waals surface area contributed by atoms with E-state index in [1.54, 1.807) is 0 Å². The van der Waals surface area contributed by atoms with Gasteiger partial charge in [0.2, 0.25) is 0 Å². The van der Waals surface area contributed by atoms with Crippen molar-refractivity contribution < 1.29 is 29.0 Å². The summed E-state index contributed by atoms with van der Waals surface area (Å²) in [6.07, 6.45) is 18.0. The Morgan fingerprint density at radius 3 is 1.83 bits per heavy atom. The maximum Gasteiger partial charge on any atom is 0.314 e. The zero-order valence-electron chi connectivity index (χ0n) is 20.8. The Kier molecular flexibility index (Phi) is 8.86. The molecule has 202 valence electrons. The molecule has 0 unspecified atom stereocenters. The lowest BCUT2D eigenvalue weighted by Crippen LogP contribution is -2.30. The quantitative estimate of drug-likeness (QED) is 0.125. The average Bonchev–Trinajstić information content (AvgIpc) is 2.81. The minimum atomic E-state index is -9.72. The van der Waals surface area contributed by atoms with Crippen molar-refractivity contribution in [3.05, 3.63) is 24.3 Å². The molecule has 0 saturated heterocycles. The number of carbonyl (C=O) groups is 1. The van der Waals surface area contributed by atoms with E-state index in [-0.39, 0.29) is 23.8 Å². The van der Waals surface area contributed by atoms with Gasteiger partial charge in [0.15, 0.2) is 0 Å². The van der Waals surface area contributed by atoms with Gasteiger partial charge < -0.3 is 4.74 Å². The zero-order chi connectivity index (χ0) is 25.6. The molecule has 1 aromatic rings. The summed E-state index contributed by atoms with van der Waals surface area (Å²) in [5, 5.41) is 0. The van der Waals surface area contributed by atoms with Crippen molar-refractivity contribution in [3.8, 4) is 5.75 Å². The third kappa shape index (κ3) is 8.94. The van der Waals surface area contributed by atoms with Gasteiger partial charge in [-0.05, 0) is 80.5 Å². The van der Waals surface area contributed by atoms with E-state index in [2.05, 4.69) is 6.92 Å². The Bertz CT molecular complexity index is 809. The van der Waals surface area contributed by atoms with Crippen LogP contribution < -0.4 is 4.74 Å². The third-order valence-corrected chi connectivity index (χ3v) is 9.28. The average molecular weight is 525 g/mol. The van der Waals surface area contributed by atoms with Crippen LogP contribution in [0.3, 0.4) is 0 Å². The number of carbonyl (C=O) groups excluding carboxylic acids is 1. The first kappa shape index (κ1) is 28.3. The van der Waals surface area contributed by atoms with Crippen LogP contribution in [0.25, 0.3) is 0 Å². The van der Waals surface area contributed by atoms with E-state index < -0.39 is 21.1 Å². The van der Waals surface area contributed by atoms with Crippen LogP contribution in [0.4, 0.5) is 19.4 Å². The lowest BCUT2D eigenvalue weighted by molar-refractivity contribution is -0.140.